The quantitative estimate of drug-likeness (QED) is 0.226. The van der Waals surface area contributed by atoms with Crippen molar-refractivity contribution in [2.24, 2.45) is 0 Å². The van der Waals surface area contributed by atoms with E-state index in [4.69, 9.17) is 14.2 Å². The van der Waals surface area contributed by atoms with Gasteiger partial charge in [0.1, 0.15) is 42.2 Å². The number of hydrogen-bond donors (Lipinski definition) is 2. The Balaban J connectivity index is 1.51. The van der Waals surface area contributed by atoms with Crippen LogP contribution in [0.5, 0.6) is 5.75 Å². The van der Waals surface area contributed by atoms with Gasteiger partial charge in [-0.3, -0.25) is 9.59 Å². The van der Waals surface area contributed by atoms with Crippen LogP contribution in [0.3, 0.4) is 0 Å². The van der Waals surface area contributed by atoms with Crippen molar-refractivity contribution >= 4 is 23.9 Å². The molecule has 256 valence electrons. The lowest BCUT2D eigenvalue weighted by molar-refractivity contribution is -0.155. The van der Waals surface area contributed by atoms with E-state index >= 15 is 0 Å². The Hall–Kier alpha value is -4.86. The van der Waals surface area contributed by atoms with E-state index in [1.54, 1.807) is 34.6 Å². The number of benzene rings is 3. The molecule has 3 aromatic carbocycles. The van der Waals surface area contributed by atoms with E-state index in [2.05, 4.69) is 10.6 Å². The van der Waals surface area contributed by atoms with Crippen molar-refractivity contribution in [2.45, 2.75) is 96.7 Å². The lowest BCUT2D eigenvalue weighted by Gasteiger charge is -2.33. The summed E-state index contributed by atoms with van der Waals surface area (Å²) in [5, 5.41) is 5.58. The highest BCUT2D eigenvalue weighted by molar-refractivity contribution is 5.95. The van der Waals surface area contributed by atoms with Crippen molar-refractivity contribution in [1.29, 1.82) is 0 Å². The smallest absolute Gasteiger partial charge is 0.408 e. The van der Waals surface area contributed by atoms with Gasteiger partial charge < -0.3 is 29.7 Å². The Morgan fingerprint density at radius 2 is 1.44 bits per heavy atom. The first-order valence-electron chi connectivity index (χ1n) is 16.5. The fourth-order valence-electron chi connectivity index (χ4n) is 5.35. The Morgan fingerprint density at radius 1 is 0.833 bits per heavy atom. The van der Waals surface area contributed by atoms with Crippen molar-refractivity contribution in [3.05, 3.63) is 102 Å². The largest absolute Gasteiger partial charge is 0.489 e. The lowest BCUT2D eigenvalue weighted by atomic mass is 9.96. The summed E-state index contributed by atoms with van der Waals surface area (Å²) < 4.78 is 16.9. The third-order valence-corrected chi connectivity index (χ3v) is 8.23. The van der Waals surface area contributed by atoms with Gasteiger partial charge in [-0.05, 0) is 75.8 Å². The average Bonchev–Trinajstić information content (AvgIpc) is 3.56. The minimum absolute atomic E-state index is 0.0995. The van der Waals surface area contributed by atoms with Crippen LogP contribution in [0, 0.1) is 0 Å². The summed E-state index contributed by atoms with van der Waals surface area (Å²) in [6.45, 7) is 9.42. The third kappa shape index (κ3) is 10.3. The Bertz CT molecular complexity index is 1520. The Morgan fingerprint density at radius 3 is 2.02 bits per heavy atom. The fraction of sp³-hybridized carbons (Fsp3) is 0.421. The molecule has 0 radical (unpaired) electrons. The minimum atomic E-state index is -1.37. The Labute approximate surface area is 283 Å². The number of amides is 3. The molecule has 0 aromatic heterocycles. The summed E-state index contributed by atoms with van der Waals surface area (Å²) in [6.07, 6.45) is 0.734. The molecule has 0 aliphatic carbocycles. The maximum atomic E-state index is 14.2. The number of rotatable bonds is 13. The third-order valence-electron chi connectivity index (χ3n) is 8.23. The molecule has 1 aliphatic rings. The van der Waals surface area contributed by atoms with Crippen molar-refractivity contribution in [3.63, 3.8) is 0 Å². The van der Waals surface area contributed by atoms with E-state index in [9.17, 15) is 19.2 Å². The molecule has 0 unspecified atom stereocenters. The van der Waals surface area contributed by atoms with Gasteiger partial charge in [0.05, 0.1) is 0 Å². The van der Waals surface area contributed by atoms with Crippen LogP contribution in [0.4, 0.5) is 4.79 Å². The standard InChI is InChI=1S/C38H47N3O7/c1-6-38(5,40-36(45)48-37(2,3)4)35(44)39-31(24-27-19-21-30(22-20-27)46-25-28-14-9-7-10-15-28)33(42)41-23-13-18-32(41)34(43)47-26-29-16-11-8-12-17-29/h7-12,14-17,19-22,31-32H,6,13,18,23-26H2,1-5H3,(H,39,44)(H,40,45)/t31-,32+,38-/m0/s1. The molecular weight excluding hydrogens is 610 g/mol. The molecule has 0 bridgehead atoms. The summed E-state index contributed by atoms with van der Waals surface area (Å²) in [7, 11) is 0. The van der Waals surface area contributed by atoms with Gasteiger partial charge in [0.25, 0.3) is 0 Å². The van der Waals surface area contributed by atoms with Crippen molar-refractivity contribution < 1.29 is 33.4 Å². The molecule has 4 rings (SSSR count). The summed E-state index contributed by atoms with van der Waals surface area (Å²) in [4.78, 5) is 55.4. The highest BCUT2D eigenvalue weighted by Gasteiger charge is 2.41. The number of nitrogens with zero attached hydrogens (tertiary/aromatic N) is 1. The number of hydrogen-bond acceptors (Lipinski definition) is 7. The first-order valence-corrected chi connectivity index (χ1v) is 16.5. The zero-order chi connectivity index (χ0) is 34.7. The topological polar surface area (TPSA) is 123 Å². The van der Waals surface area contributed by atoms with Crippen LogP contribution in [0.1, 0.15) is 70.6 Å². The molecule has 3 atom stereocenters. The number of likely N-dealkylation sites (tertiary alicyclic amines) is 1. The van der Waals surface area contributed by atoms with E-state index in [1.165, 1.54) is 4.90 Å². The average molecular weight is 658 g/mol. The summed E-state index contributed by atoms with van der Waals surface area (Å²) in [5.41, 5.74) is 0.539. The molecule has 1 heterocycles. The van der Waals surface area contributed by atoms with Gasteiger partial charge >= 0.3 is 12.1 Å². The van der Waals surface area contributed by atoms with E-state index in [1.807, 2.05) is 84.9 Å². The van der Waals surface area contributed by atoms with E-state index in [0.29, 0.717) is 31.7 Å². The molecule has 2 N–H and O–H groups in total. The SMILES string of the molecule is CC[C@](C)(NC(=O)OC(C)(C)C)C(=O)N[C@@H](Cc1ccc(OCc2ccccc2)cc1)C(=O)N1CCC[C@@H]1C(=O)OCc1ccccc1. The van der Waals surface area contributed by atoms with Crippen LogP contribution in [-0.2, 0) is 43.5 Å². The second kappa shape index (κ2) is 16.3. The summed E-state index contributed by atoms with van der Waals surface area (Å²) in [6, 6.07) is 24.7. The molecule has 1 fully saturated rings. The Kier molecular flexibility index (Phi) is 12.2. The number of carbonyl (C=O) groups excluding carboxylic acids is 4. The van der Waals surface area contributed by atoms with Crippen LogP contribution in [0.25, 0.3) is 0 Å². The van der Waals surface area contributed by atoms with E-state index < -0.39 is 47.1 Å². The van der Waals surface area contributed by atoms with Crippen LogP contribution in [-0.4, -0.2) is 58.5 Å². The zero-order valence-corrected chi connectivity index (χ0v) is 28.5. The van der Waals surface area contributed by atoms with Crippen LogP contribution in [0.2, 0.25) is 0 Å². The first kappa shape index (κ1) is 36.0. The molecule has 0 spiro atoms. The number of ether oxygens (including phenoxy) is 3. The highest BCUT2D eigenvalue weighted by atomic mass is 16.6. The number of carbonyl (C=O) groups is 4. The molecule has 3 aromatic rings. The van der Waals surface area contributed by atoms with Crippen molar-refractivity contribution in [1.82, 2.24) is 15.5 Å². The maximum Gasteiger partial charge on any atom is 0.408 e. The lowest BCUT2D eigenvalue weighted by Crippen LogP contribution is -2.61. The summed E-state index contributed by atoms with van der Waals surface area (Å²) in [5.74, 6) is -0.767. The van der Waals surface area contributed by atoms with Crippen LogP contribution < -0.4 is 15.4 Å². The first-order chi connectivity index (χ1) is 22.9. The molecule has 1 saturated heterocycles. The zero-order valence-electron chi connectivity index (χ0n) is 28.5. The molecule has 48 heavy (non-hydrogen) atoms. The molecule has 10 heteroatoms. The predicted octanol–water partition coefficient (Wildman–Crippen LogP) is 5.72. The fourth-order valence-corrected chi connectivity index (χ4v) is 5.35. The molecule has 1 aliphatic heterocycles. The van der Waals surface area contributed by atoms with Gasteiger partial charge in [0.2, 0.25) is 11.8 Å². The van der Waals surface area contributed by atoms with Gasteiger partial charge in [-0.25, -0.2) is 9.59 Å². The molecule has 3 amide bonds. The van der Waals surface area contributed by atoms with Gasteiger partial charge in [-0.15, -0.1) is 0 Å². The predicted molar refractivity (Wildman–Crippen MR) is 182 cm³/mol. The van der Waals surface area contributed by atoms with Crippen molar-refractivity contribution in [2.75, 3.05) is 6.54 Å². The minimum Gasteiger partial charge on any atom is -0.489 e. The molecule has 10 nitrogen and oxygen atoms in total. The number of esters is 1. The molecule has 0 saturated carbocycles. The monoisotopic (exact) mass is 657 g/mol. The van der Waals surface area contributed by atoms with Gasteiger partial charge in [-0.2, -0.15) is 0 Å². The summed E-state index contributed by atoms with van der Waals surface area (Å²) >= 11 is 0. The second-order valence-corrected chi connectivity index (χ2v) is 13.2. The normalized spacial score (nSPS) is 16.3. The molecular formula is C38H47N3O7. The van der Waals surface area contributed by atoms with Crippen LogP contribution in [0.15, 0.2) is 84.9 Å². The van der Waals surface area contributed by atoms with E-state index in [-0.39, 0.29) is 19.4 Å². The van der Waals surface area contributed by atoms with Crippen molar-refractivity contribution in [3.8, 4) is 5.75 Å². The number of nitrogens with one attached hydrogen (secondary N) is 2. The second-order valence-electron chi connectivity index (χ2n) is 13.2. The number of alkyl carbamates (subject to hydrolysis) is 1. The highest BCUT2D eigenvalue weighted by Crippen LogP contribution is 2.23. The van der Waals surface area contributed by atoms with Gasteiger partial charge in [-0.1, -0.05) is 79.7 Å². The van der Waals surface area contributed by atoms with Crippen LogP contribution >= 0.6 is 0 Å². The maximum absolute atomic E-state index is 14.2. The van der Waals surface area contributed by atoms with E-state index in [0.717, 1.165) is 16.7 Å². The van der Waals surface area contributed by atoms with Gasteiger partial charge in [0.15, 0.2) is 0 Å². The van der Waals surface area contributed by atoms with Gasteiger partial charge in [0, 0.05) is 13.0 Å².